The van der Waals surface area contributed by atoms with E-state index in [1.165, 1.54) is 18.5 Å². The van der Waals surface area contributed by atoms with Crippen LogP contribution in [0, 0.1) is 5.92 Å². The molecule has 0 unspecified atom stereocenters. The van der Waals surface area contributed by atoms with Crippen LogP contribution in [0.15, 0.2) is 53.8 Å². The van der Waals surface area contributed by atoms with Gasteiger partial charge in [-0.1, -0.05) is 37.6 Å². The molecule has 2 aromatic carbocycles. The minimum atomic E-state index is -4.32. The second kappa shape index (κ2) is 10.8. The molecular formula is C29H33ClN6O5S. The number of nitrogens with two attached hydrogens (primary N) is 1. The van der Waals surface area contributed by atoms with Gasteiger partial charge in [-0.15, -0.1) is 0 Å². The van der Waals surface area contributed by atoms with Crippen LogP contribution in [0.4, 0.5) is 10.6 Å². The van der Waals surface area contributed by atoms with Gasteiger partial charge in [-0.3, -0.25) is 4.79 Å². The minimum Gasteiger partial charge on any atom is -0.443 e. The number of benzene rings is 2. The Bertz CT molecular complexity index is 1810. The topological polar surface area (TPSA) is 141 Å². The minimum absolute atomic E-state index is 0.0467. The van der Waals surface area contributed by atoms with Crippen molar-refractivity contribution in [2.24, 2.45) is 5.92 Å². The molecule has 1 atom stereocenters. The van der Waals surface area contributed by atoms with Crippen LogP contribution in [0.2, 0.25) is 5.02 Å². The van der Waals surface area contributed by atoms with Crippen molar-refractivity contribution in [3.8, 4) is 0 Å². The van der Waals surface area contributed by atoms with E-state index in [1.807, 2.05) is 32.0 Å². The van der Waals surface area contributed by atoms with E-state index in [0.29, 0.717) is 32.6 Å². The summed E-state index contributed by atoms with van der Waals surface area (Å²) < 4.78 is 36.0. The molecule has 2 aromatic heterocycles. The number of amides is 1. The number of halogens is 1. The van der Waals surface area contributed by atoms with Crippen molar-refractivity contribution < 1.29 is 22.7 Å². The van der Waals surface area contributed by atoms with Gasteiger partial charge in [0, 0.05) is 34.9 Å². The van der Waals surface area contributed by atoms with E-state index in [9.17, 15) is 18.0 Å². The molecule has 1 aliphatic rings. The average molecular weight is 613 g/mol. The first kappa shape index (κ1) is 29.7. The second-order valence-electron chi connectivity index (χ2n) is 11.7. The highest BCUT2D eigenvalue weighted by Gasteiger charge is 2.42. The number of hydrogen-bond donors (Lipinski definition) is 1. The fraction of sp³-hybridized carbons (Fsp3) is 0.379. The lowest BCUT2D eigenvalue weighted by Crippen LogP contribution is -2.59. The summed E-state index contributed by atoms with van der Waals surface area (Å²) in [5, 5.41) is 1.26. The molecule has 1 saturated heterocycles. The zero-order chi connectivity index (χ0) is 30.6. The molecule has 1 amide bonds. The van der Waals surface area contributed by atoms with E-state index in [2.05, 4.69) is 9.97 Å². The van der Waals surface area contributed by atoms with Crippen molar-refractivity contribution in [2.75, 3.05) is 18.8 Å². The summed E-state index contributed by atoms with van der Waals surface area (Å²) in [4.78, 5) is 36.9. The third-order valence-corrected chi connectivity index (χ3v) is 9.21. The molecule has 13 heteroatoms. The third-order valence-electron chi connectivity index (χ3n) is 7.19. The number of anilines is 1. The molecule has 1 fully saturated rings. The standard InChI is InChI=1S/C29H33ClN6O5S/c1-17(2)24-14-34(15-25(37)35(24)13-18-6-9-21-22(10-18)32-16-33-27(21)31)42(39,40)26-11-19-7-8-20(30)12-23(19)36(26)28(38)41-29(3,4)5/h6-12,16-17,24H,13-15H2,1-5H3,(H2,31,32,33)/t24-/m0/s1. The van der Waals surface area contributed by atoms with Crippen molar-refractivity contribution in [2.45, 2.75) is 57.8 Å². The quantitative estimate of drug-likeness (QED) is 0.343. The maximum atomic E-state index is 14.2. The number of carbonyl (C=O) groups excluding carboxylic acids is 2. The van der Waals surface area contributed by atoms with Crippen molar-refractivity contribution in [1.29, 1.82) is 0 Å². The van der Waals surface area contributed by atoms with Crippen LogP contribution < -0.4 is 5.73 Å². The van der Waals surface area contributed by atoms with Crippen LogP contribution in [0.3, 0.4) is 0 Å². The summed E-state index contributed by atoms with van der Waals surface area (Å²) in [6.07, 6.45) is 0.530. The molecule has 2 N–H and O–H groups in total. The van der Waals surface area contributed by atoms with Gasteiger partial charge in [0.25, 0.3) is 10.0 Å². The SMILES string of the molecule is CC(C)[C@@H]1CN(S(=O)(=O)c2cc3ccc(Cl)cc3n2C(=O)OC(C)(C)C)CC(=O)N1Cc1ccc2c(N)ncnc2c1. The average Bonchev–Trinajstić information content (AvgIpc) is 3.28. The molecule has 11 nitrogen and oxygen atoms in total. The number of piperazine rings is 1. The van der Waals surface area contributed by atoms with Crippen molar-refractivity contribution in [3.05, 3.63) is 59.4 Å². The highest BCUT2D eigenvalue weighted by molar-refractivity contribution is 7.89. The first-order valence-electron chi connectivity index (χ1n) is 13.5. The van der Waals surface area contributed by atoms with E-state index in [0.717, 1.165) is 14.4 Å². The molecule has 5 rings (SSSR count). The van der Waals surface area contributed by atoms with Gasteiger partial charge in [0.1, 0.15) is 17.7 Å². The lowest BCUT2D eigenvalue weighted by molar-refractivity contribution is -0.139. The first-order chi connectivity index (χ1) is 19.7. The lowest BCUT2D eigenvalue weighted by atomic mass is 9.99. The predicted octanol–water partition coefficient (Wildman–Crippen LogP) is 4.66. The number of hydrogen-bond acceptors (Lipinski definition) is 8. The van der Waals surface area contributed by atoms with E-state index >= 15 is 0 Å². The number of ether oxygens (including phenoxy) is 1. The number of rotatable bonds is 5. The molecule has 4 aromatic rings. The van der Waals surface area contributed by atoms with Gasteiger partial charge in [-0.25, -0.2) is 27.7 Å². The normalized spacial score (nSPS) is 17.0. The van der Waals surface area contributed by atoms with E-state index < -0.39 is 27.8 Å². The molecule has 222 valence electrons. The molecule has 1 aliphatic heterocycles. The second-order valence-corrected chi connectivity index (χ2v) is 14.1. The van der Waals surface area contributed by atoms with E-state index in [-0.39, 0.29) is 36.5 Å². The van der Waals surface area contributed by atoms with Gasteiger partial charge in [-0.2, -0.15) is 4.31 Å². The molecule has 0 bridgehead atoms. The summed E-state index contributed by atoms with van der Waals surface area (Å²) in [6, 6.07) is 11.3. The lowest BCUT2D eigenvalue weighted by Gasteiger charge is -2.42. The van der Waals surface area contributed by atoms with Gasteiger partial charge in [0.2, 0.25) is 5.91 Å². The highest BCUT2D eigenvalue weighted by Crippen LogP contribution is 2.32. The summed E-state index contributed by atoms with van der Waals surface area (Å²) in [5.74, 6) is -0.0535. The maximum absolute atomic E-state index is 14.2. The van der Waals surface area contributed by atoms with Gasteiger partial charge in [-0.05, 0) is 62.6 Å². The number of nitrogens with zero attached hydrogens (tertiary/aromatic N) is 5. The Hall–Kier alpha value is -3.74. The third kappa shape index (κ3) is 5.66. The molecule has 0 spiro atoms. The Morgan fingerprint density at radius 3 is 2.57 bits per heavy atom. The van der Waals surface area contributed by atoms with Crippen LogP contribution in [-0.4, -0.2) is 68.9 Å². The first-order valence-corrected chi connectivity index (χ1v) is 15.3. The maximum Gasteiger partial charge on any atom is 0.420 e. The van der Waals surface area contributed by atoms with Crippen LogP contribution in [0.5, 0.6) is 0 Å². The molecule has 0 aliphatic carbocycles. The molecule has 0 saturated carbocycles. The fourth-order valence-electron chi connectivity index (χ4n) is 5.14. The highest BCUT2D eigenvalue weighted by atomic mass is 35.5. The van der Waals surface area contributed by atoms with Crippen molar-refractivity contribution >= 4 is 61.2 Å². The fourth-order valence-corrected chi connectivity index (χ4v) is 6.88. The van der Waals surface area contributed by atoms with Crippen LogP contribution in [-0.2, 0) is 26.1 Å². The summed E-state index contributed by atoms with van der Waals surface area (Å²) in [7, 11) is -4.32. The van der Waals surface area contributed by atoms with Crippen LogP contribution >= 0.6 is 11.6 Å². The van der Waals surface area contributed by atoms with Gasteiger partial charge < -0.3 is 15.4 Å². The Kier molecular flexibility index (Phi) is 7.67. The zero-order valence-electron chi connectivity index (χ0n) is 24.0. The smallest absolute Gasteiger partial charge is 0.420 e. The number of sulfonamides is 1. The number of carbonyl (C=O) groups is 2. The zero-order valence-corrected chi connectivity index (χ0v) is 25.6. The predicted molar refractivity (Wildman–Crippen MR) is 160 cm³/mol. The molecule has 0 radical (unpaired) electrons. The van der Waals surface area contributed by atoms with Gasteiger partial charge >= 0.3 is 6.09 Å². The van der Waals surface area contributed by atoms with Crippen LogP contribution in [0.25, 0.3) is 21.8 Å². The van der Waals surface area contributed by atoms with Crippen molar-refractivity contribution in [1.82, 2.24) is 23.7 Å². The molecule has 42 heavy (non-hydrogen) atoms. The summed E-state index contributed by atoms with van der Waals surface area (Å²) in [5.41, 5.74) is 6.86. The van der Waals surface area contributed by atoms with Crippen LogP contribution in [0.1, 0.15) is 40.2 Å². The Balaban J connectivity index is 1.50. The monoisotopic (exact) mass is 612 g/mol. The number of aromatic nitrogens is 3. The molecular weight excluding hydrogens is 580 g/mol. The Morgan fingerprint density at radius 1 is 1.14 bits per heavy atom. The Morgan fingerprint density at radius 2 is 1.88 bits per heavy atom. The van der Waals surface area contributed by atoms with E-state index in [4.69, 9.17) is 22.1 Å². The summed E-state index contributed by atoms with van der Waals surface area (Å²) in [6.45, 7) is 8.90. The number of fused-ring (bicyclic) bond motifs is 2. The number of nitrogen functional groups attached to an aromatic ring is 1. The van der Waals surface area contributed by atoms with Gasteiger partial charge in [0.05, 0.1) is 17.6 Å². The largest absolute Gasteiger partial charge is 0.443 e. The van der Waals surface area contributed by atoms with Crippen molar-refractivity contribution in [3.63, 3.8) is 0 Å². The Labute approximate surface area is 249 Å². The van der Waals surface area contributed by atoms with Gasteiger partial charge in [0.15, 0.2) is 5.03 Å². The summed E-state index contributed by atoms with van der Waals surface area (Å²) >= 11 is 6.21. The molecule has 3 heterocycles. The van der Waals surface area contributed by atoms with E-state index in [1.54, 1.807) is 37.8 Å².